The molecule has 1 fully saturated rings. The van der Waals surface area contributed by atoms with Gasteiger partial charge in [0.05, 0.1) is 11.2 Å². The highest BCUT2D eigenvalue weighted by molar-refractivity contribution is 6.55. The van der Waals surface area contributed by atoms with E-state index >= 15 is 0 Å². The van der Waals surface area contributed by atoms with Crippen molar-refractivity contribution in [3.8, 4) is 0 Å². The van der Waals surface area contributed by atoms with E-state index in [1.54, 1.807) is 0 Å². The lowest BCUT2D eigenvalue weighted by Gasteiger charge is -2.32. The average Bonchev–Trinajstić information content (AvgIpc) is 2.22. The van der Waals surface area contributed by atoms with Gasteiger partial charge in [-0.3, -0.25) is 0 Å². The van der Waals surface area contributed by atoms with Crippen molar-refractivity contribution in [3.05, 3.63) is 24.2 Å². The standard InChI is InChI=1S/C11H19BO2/c1-7-8-9(2)12-13-10(3,4)11(5,6)14-12/h7-8H,2H2,1,3-6H3/b8-7-. The molecule has 3 heteroatoms. The highest BCUT2D eigenvalue weighted by atomic mass is 16.7. The van der Waals surface area contributed by atoms with Crippen molar-refractivity contribution in [2.75, 3.05) is 0 Å². The Morgan fingerprint density at radius 1 is 1.14 bits per heavy atom. The van der Waals surface area contributed by atoms with Crippen molar-refractivity contribution in [2.24, 2.45) is 0 Å². The first-order valence-electron chi connectivity index (χ1n) is 4.97. The van der Waals surface area contributed by atoms with Gasteiger partial charge in [-0.05, 0) is 40.1 Å². The van der Waals surface area contributed by atoms with Gasteiger partial charge in [0.25, 0.3) is 0 Å². The lowest BCUT2D eigenvalue weighted by Crippen LogP contribution is -2.41. The third kappa shape index (κ3) is 1.94. The van der Waals surface area contributed by atoms with Crippen LogP contribution in [0.4, 0.5) is 0 Å². The highest BCUT2D eigenvalue weighted by Gasteiger charge is 2.51. The molecule has 1 saturated heterocycles. The predicted octanol–water partition coefficient (Wildman–Crippen LogP) is 2.75. The second-order valence-electron chi connectivity index (χ2n) is 4.66. The van der Waals surface area contributed by atoms with E-state index in [0.29, 0.717) is 0 Å². The van der Waals surface area contributed by atoms with Gasteiger partial charge in [0, 0.05) is 0 Å². The minimum Gasteiger partial charge on any atom is -0.399 e. The van der Waals surface area contributed by atoms with Crippen LogP contribution in [-0.4, -0.2) is 18.3 Å². The van der Waals surface area contributed by atoms with Crippen LogP contribution in [0.2, 0.25) is 0 Å². The maximum Gasteiger partial charge on any atom is 0.494 e. The average molecular weight is 194 g/mol. The molecule has 0 atom stereocenters. The fraction of sp³-hybridized carbons (Fsp3) is 0.636. The molecule has 0 unspecified atom stereocenters. The van der Waals surface area contributed by atoms with Crippen molar-refractivity contribution in [2.45, 2.75) is 45.8 Å². The summed E-state index contributed by atoms with van der Waals surface area (Å²) in [6, 6.07) is 0. The van der Waals surface area contributed by atoms with Gasteiger partial charge in [-0.2, -0.15) is 0 Å². The number of allylic oxidation sites excluding steroid dienone is 3. The van der Waals surface area contributed by atoms with E-state index in [1.165, 1.54) is 0 Å². The first-order valence-corrected chi connectivity index (χ1v) is 4.97. The summed E-state index contributed by atoms with van der Waals surface area (Å²) in [5, 5.41) is 0. The first kappa shape index (κ1) is 11.5. The molecule has 0 aromatic rings. The molecule has 0 amide bonds. The van der Waals surface area contributed by atoms with Crippen molar-refractivity contribution in [3.63, 3.8) is 0 Å². The zero-order valence-electron chi connectivity index (χ0n) is 9.76. The van der Waals surface area contributed by atoms with Crippen LogP contribution in [0.5, 0.6) is 0 Å². The van der Waals surface area contributed by atoms with E-state index in [0.717, 1.165) is 5.47 Å². The second-order valence-corrected chi connectivity index (χ2v) is 4.66. The molecule has 0 radical (unpaired) electrons. The third-order valence-electron chi connectivity index (χ3n) is 2.94. The van der Waals surface area contributed by atoms with Crippen LogP contribution in [0.3, 0.4) is 0 Å². The molecule has 1 rings (SSSR count). The second kappa shape index (κ2) is 3.56. The zero-order valence-corrected chi connectivity index (χ0v) is 9.76. The predicted molar refractivity (Wildman–Crippen MR) is 60.0 cm³/mol. The molecular weight excluding hydrogens is 175 g/mol. The number of hydrogen-bond donors (Lipinski definition) is 0. The largest absolute Gasteiger partial charge is 0.494 e. The van der Waals surface area contributed by atoms with Crippen LogP contribution < -0.4 is 0 Å². The third-order valence-corrected chi connectivity index (χ3v) is 2.94. The summed E-state index contributed by atoms with van der Waals surface area (Å²) in [5.41, 5.74) is 0.316. The molecule has 2 nitrogen and oxygen atoms in total. The van der Waals surface area contributed by atoms with Crippen LogP contribution in [0.15, 0.2) is 24.2 Å². The zero-order chi connectivity index (χ0) is 11.0. The Hall–Kier alpha value is -0.535. The van der Waals surface area contributed by atoms with Crippen LogP contribution in [0, 0.1) is 0 Å². The van der Waals surface area contributed by atoms with Crippen molar-refractivity contribution in [1.82, 2.24) is 0 Å². The first-order chi connectivity index (χ1) is 6.30. The molecular formula is C11H19BO2. The molecule has 78 valence electrons. The molecule has 0 spiro atoms. The fourth-order valence-corrected chi connectivity index (χ4v) is 1.29. The van der Waals surface area contributed by atoms with Gasteiger partial charge in [0.2, 0.25) is 0 Å². The van der Waals surface area contributed by atoms with E-state index in [9.17, 15) is 0 Å². The maximum absolute atomic E-state index is 5.81. The SMILES string of the molecule is C=C(/C=C\C)B1OC(C)(C)C(C)(C)O1. The normalized spacial score (nSPS) is 24.5. The Bertz CT molecular complexity index is 250. The molecule has 0 aliphatic carbocycles. The monoisotopic (exact) mass is 194 g/mol. The summed E-state index contributed by atoms with van der Waals surface area (Å²) in [5.74, 6) is 0. The molecule has 1 aliphatic rings. The van der Waals surface area contributed by atoms with Gasteiger partial charge in [0.15, 0.2) is 0 Å². The Morgan fingerprint density at radius 3 is 1.93 bits per heavy atom. The lowest BCUT2D eigenvalue weighted by molar-refractivity contribution is 0.00578. The van der Waals surface area contributed by atoms with Crippen LogP contribution in [0.25, 0.3) is 0 Å². The smallest absolute Gasteiger partial charge is 0.399 e. The van der Waals surface area contributed by atoms with Gasteiger partial charge in [0.1, 0.15) is 0 Å². The molecule has 0 aromatic heterocycles. The fourth-order valence-electron chi connectivity index (χ4n) is 1.29. The lowest BCUT2D eigenvalue weighted by atomic mass is 9.79. The van der Waals surface area contributed by atoms with E-state index < -0.39 is 0 Å². The van der Waals surface area contributed by atoms with Gasteiger partial charge in [-0.1, -0.05) is 18.7 Å². The molecule has 0 aromatic carbocycles. The summed E-state index contributed by atoms with van der Waals surface area (Å²) in [4.78, 5) is 0. The maximum atomic E-state index is 5.81. The summed E-state index contributed by atoms with van der Waals surface area (Å²) in [7, 11) is -0.309. The van der Waals surface area contributed by atoms with Crippen LogP contribution in [0.1, 0.15) is 34.6 Å². The van der Waals surface area contributed by atoms with Gasteiger partial charge in [-0.25, -0.2) is 0 Å². The minimum atomic E-state index is -0.309. The van der Waals surface area contributed by atoms with E-state index in [2.05, 4.69) is 6.58 Å². The van der Waals surface area contributed by atoms with Crippen molar-refractivity contribution < 1.29 is 9.31 Å². The summed E-state index contributed by atoms with van der Waals surface area (Å²) in [6.45, 7) is 14.0. The Morgan fingerprint density at radius 2 is 1.57 bits per heavy atom. The minimum absolute atomic E-state index is 0.276. The Labute approximate surface area is 87.1 Å². The van der Waals surface area contributed by atoms with E-state index in [1.807, 2.05) is 46.8 Å². The van der Waals surface area contributed by atoms with Gasteiger partial charge < -0.3 is 9.31 Å². The van der Waals surface area contributed by atoms with E-state index in [4.69, 9.17) is 9.31 Å². The quantitative estimate of drug-likeness (QED) is 0.497. The molecule has 0 N–H and O–H groups in total. The molecule has 0 bridgehead atoms. The van der Waals surface area contributed by atoms with Gasteiger partial charge >= 0.3 is 7.12 Å². The number of hydrogen-bond acceptors (Lipinski definition) is 2. The van der Waals surface area contributed by atoms with Gasteiger partial charge in [-0.15, -0.1) is 0 Å². The van der Waals surface area contributed by atoms with Crippen LogP contribution in [-0.2, 0) is 9.31 Å². The highest BCUT2D eigenvalue weighted by Crippen LogP contribution is 2.38. The van der Waals surface area contributed by atoms with Crippen molar-refractivity contribution in [1.29, 1.82) is 0 Å². The summed E-state index contributed by atoms with van der Waals surface area (Å²) >= 11 is 0. The molecule has 0 saturated carbocycles. The molecule has 1 heterocycles. The molecule has 1 aliphatic heterocycles. The summed E-state index contributed by atoms with van der Waals surface area (Å²) < 4.78 is 11.6. The van der Waals surface area contributed by atoms with E-state index in [-0.39, 0.29) is 18.3 Å². The Kier molecular flexibility index (Phi) is 2.93. The van der Waals surface area contributed by atoms with Crippen LogP contribution >= 0.6 is 0 Å². The Balaban J connectivity index is 2.78. The molecule has 14 heavy (non-hydrogen) atoms. The topological polar surface area (TPSA) is 18.5 Å². The number of rotatable bonds is 2. The summed E-state index contributed by atoms with van der Waals surface area (Å²) in [6.07, 6.45) is 3.86. The van der Waals surface area contributed by atoms with Crippen molar-refractivity contribution >= 4 is 7.12 Å².